The Bertz CT molecular complexity index is 993. The molecule has 1 N–H and O–H groups in total. The standard InChI is InChI=1S/C27H34N2O6/c1-4-33-27(32)35-23-12-10-21(11-13-23)26(31)28-22-14-16-29(17-15-22)24(30)9-6-18-34-25-19(2)7-5-8-20(25)3/h5,7-8,10-13,22H,4,6,9,14-18H2,1-3H3,(H,28,31). The van der Waals surface area contributed by atoms with Crippen molar-refractivity contribution in [3.8, 4) is 11.5 Å². The van der Waals surface area contributed by atoms with E-state index < -0.39 is 6.16 Å². The third-order valence-corrected chi connectivity index (χ3v) is 5.95. The number of ether oxygens (including phenoxy) is 3. The van der Waals surface area contributed by atoms with E-state index in [1.54, 1.807) is 31.2 Å². The van der Waals surface area contributed by atoms with E-state index >= 15 is 0 Å². The van der Waals surface area contributed by atoms with Crippen LogP contribution in [-0.2, 0) is 9.53 Å². The molecule has 2 aromatic carbocycles. The summed E-state index contributed by atoms with van der Waals surface area (Å²) in [5, 5.41) is 3.03. The summed E-state index contributed by atoms with van der Waals surface area (Å²) in [5.74, 6) is 1.14. The van der Waals surface area contributed by atoms with Crippen LogP contribution >= 0.6 is 0 Å². The van der Waals surface area contributed by atoms with Crippen LogP contribution in [0.5, 0.6) is 11.5 Å². The number of rotatable bonds is 9. The zero-order valence-electron chi connectivity index (χ0n) is 20.7. The minimum absolute atomic E-state index is 0.00868. The molecule has 8 nitrogen and oxygen atoms in total. The Labute approximate surface area is 206 Å². The van der Waals surface area contributed by atoms with E-state index in [0.717, 1.165) is 16.9 Å². The number of hydrogen-bond acceptors (Lipinski definition) is 6. The summed E-state index contributed by atoms with van der Waals surface area (Å²) in [5.41, 5.74) is 2.67. The van der Waals surface area contributed by atoms with Crippen LogP contribution in [-0.4, -0.2) is 55.2 Å². The molecule has 2 aromatic rings. The molecule has 1 fully saturated rings. The second kappa shape index (κ2) is 12.8. The minimum atomic E-state index is -0.778. The molecule has 0 bridgehead atoms. The van der Waals surface area contributed by atoms with Crippen LogP contribution < -0.4 is 14.8 Å². The van der Waals surface area contributed by atoms with Gasteiger partial charge in [-0.25, -0.2) is 4.79 Å². The number of carbonyl (C=O) groups excluding carboxylic acids is 3. The SMILES string of the molecule is CCOC(=O)Oc1ccc(C(=O)NC2CCN(C(=O)CCCOc3c(C)cccc3C)CC2)cc1. The van der Waals surface area contributed by atoms with Gasteiger partial charge in [0.05, 0.1) is 13.2 Å². The average Bonchev–Trinajstić information content (AvgIpc) is 2.84. The van der Waals surface area contributed by atoms with E-state index in [2.05, 4.69) is 5.32 Å². The summed E-state index contributed by atoms with van der Waals surface area (Å²) in [6.07, 6.45) is 1.75. The molecule has 3 rings (SSSR count). The van der Waals surface area contributed by atoms with Gasteiger partial charge in [0, 0.05) is 31.1 Å². The molecule has 0 aliphatic carbocycles. The molecule has 1 aliphatic rings. The molecule has 188 valence electrons. The fraction of sp³-hybridized carbons (Fsp3) is 0.444. The van der Waals surface area contributed by atoms with Crippen LogP contribution in [0.2, 0.25) is 0 Å². The monoisotopic (exact) mass is 482 g/mol. The summed E-state index contributed by atoms with van der Waals surface area (Å²) in [6, 6.07) is 12.4. The first-order chi connectivity index (χ1) is 16.9. The second-order valence-corrected chi connectivity index (χ2v) is 8.61. The quantitative estimate of drug-likeness (QED) is 0.323. The van der Waals surface area contributed by atoms with E-state index in [1.807, 2.05) is 36.9 Å². The maximum Gasteiger partial charge on any atom is 0.513 e. The Morgan fingerprint density at radius 1 is 1.00 bits per heavy atom. The van der Waals surface area contributed by atoms with Crippen molar-refractivity contribution in [3.63, 3.8) is 0 Å². The van der Waals surface area contributed by atoms with Gasteiger partial charge in [0.1, 0.15) is 11.5 Å². The van der Waals surface area contributed by atoms with Crippen molar-refractivity contribution < 1.29 is 28.6 Å². The number of nitrogens with one attached hydrogen (secondary N) is 1. The molecular formula is C27H34N2O6. The molecule has 1 saturated heterocycles. The predicted octanol–water partition coefficient (Wildman–Crippen LogP) is 4.42. The van der Waals surface area contributed by atoms with E-state index in [-0.39, 0.29) is 24.5 Å². The first kappa shape index (κ1) is 26.1. The van der Waals surface area contributed by atoms with Crippen LogP contribution in [0, 0.1) is 13.8 Å². The molecule has 0 unspecified atom stereocenters. The van der Waals surface area contributed by atoms with E-state index in [0.29, 0.717) is 56.7 Å². The topological polar surface area (TPSA) is 94.2 Å². The number of para-hydroxylation sites is 1. The van der Waals surface area contributed by atoms with Gasteiger partial charge in [-0.1, -0.05) is 18.2 Å². The zero-order valence-corrected chi connectivity index (χ0v) is 20.7. The van der Waals surface area contributed by atoms with Gasteiger partial charge in [-0.15, -0.1) is 0 Å². The lowest BCUT2D eigenvalue weighted by molar-refractivity contribution is -0.132. The molecule has 2 amide bonds. The van der Waals surface area contributed by atoms with Crippen molar-refractivity contribution in [1.29, 1.82) is 0 Å². The first-order valence-electron chi connectivity index (χ1n) is 12.1. The minimum Gasteiger partial charge on any atom is -0.493 e. The highest BCUT2D eigenvalue weighted by Gasteiger charge is 2.24. The van der Waals surface area contributed by atoms with Crippen LogP contribution in [0.25, 0.3) is 0 Å². The highest BCUT2D eigenvalue weighted by molar-refractivity contribution is 5.94. The lowest BCUT2D eigenvalue weighted by atomic mass is 10.0. The summed E-state index contributed by atoms with van der Waals surface area (Å²) in [4.78, 5) is 38.4. The fourth-order valence-electron chi connectivity index (χ4n) is 4.04. The molecule has 0 atom stereocenters. The fourth-order valence-corrected chi connectivity index (χ4v) is 4.04. The Morgan fingerprint density at radius 2 is 1.66 bits per heavy atom. The largest absolute Gasteiger partial charge is 0.513 e. The van der Waals surface area contributed by atoms with Crippen molar-refractivity contribution >= 4 is 18.0 Å². The summed E-state index contributed by atoms with van der Waals surface area (Å²) in [6.45, 7) is 7.71. The number of carbonyl (C=O) groups is 3. The van der Waals surface area contributed by atoms with Crippen molar-refractivity contribution in [1.82, 2.24) is 10.2 Å². The highest BCUT2D eigenvalue weighted by atomic mass is 16.7. The summed E-state index contributed by atoms with van der Waals surface area (Å²) < 4.78 is 15.6. The number of aryl methyl sites for hydroxylation is 2. The Hall–Kier alpha value is -3.55. The molecular weight excluding hydrogens is 448 g/mol. The summed E-state index contributed by atoms with van der Waals surface area (Å²) in [7, 11) is 0. The average molecular weight is 483 g/mol. The number of benzene rings is 2. The first-order valence-corrected chi connectivity index (χ1v) is 12.1. The lowest BCUT2D eigenvalue weighted by Gasteiger charge is -2.32. The maximum absolute atomic E-state index is 12.6. The van der Waals surface area contributed by atoms with E-state index in [4.69, 9.17) is 14.2 Å². The molecule has 0 radical (unpaired) electrons. The van der Waals surface area contributed by atoms with Crippen molar-refractivity contribution in [3.05, 3.63) is 59.2 Å². The third kappa shape index (κ3) is 7.73. The molecule has 0 spiro atoms. The Kier molecular flexibility index (Phi) is 9.52. The molecule has 1 aliphatic heterocycles. The normalized spacial score (nSPS) is 13.7. The Balaban J connectivity index is 1.36. The third-order valence-electron chi connectivity index (χ3n) is 5.95. The molecule has 8 heteroatoms. The van der Waals surface area contributed by atoms with E-state index in [1.165, 1.54) is 0 Å². The van der Waals surface area contributed by atoms with Crippen LogP contribution in [0.3, 0.4) is 0 Å². The number of piperidine rings is 1. The Morgan fingerprint density at radius 3 is 2.29 bits per heavy atom. The van der Waals surface area contributed by atoms with Crippen molar-refractivity contribution in [2.75, 3.05) is 26.3 Å². The number of likely N-dealkylation sites (tertiary alicyclic amines) is 1. The van der Waals surface area contributed by atoms with Crippen molar-refractivity contribution in [2.24, 2.45) is 0 Å². The van der Waals surface area contributed by atoms with Gasteiger partial charge in [0.25, 0.3) is 5.91 Å². The maximum atomic E-state index is 12.6. The van der Waals surface area contributed by atoms with Crippen LogP contribution in [0.4, 0.5) is 4.79 Å². The predicted molar refractivity (Wildman–Crippen MR) is 132 cm³/mol. The molecule has 0 saturated carbocycles. The zero-order chi connectivity index (χ0) is 25.2. The van der Waals surface area contributed by atoms with Gasteiger partial charge in [0.2, 0.25) is 5.91 Å². The van der Waals surface area contributed by atoms with E-state index in [9.17, 15) is 14.4 Å². The van der Waals surface area contributed by atoms with Crippen LogP contribution in [0.1, 0.15) is 54.1 Å². The number of nitrogens with zero attached hydrogens (tertiary/aromatic N) is 1. The lowest BCUT2D eigenvalue weighted by Crippen LogP contribution is -2.46. The van der Waals surface area contributed by atoms with Gasteiger partial charge in [-0.3, -0.25) is 9.59 Å². The van der Waals surface area contributed by atoms with Gasteiger partial charge >= 0.3 is 6.16 Å². The van der Waals surface area contributed by atoms with Gasteiger partial charge in [-0.05, 0) is 75.4 Å². The number of amides is 2. The smallest absolute Gasteiger partial charge is 0.493 e. The van der Waals surface area contributed by atoms with Crippen molar-refractivity contribution in [2.45, 2.75) is 52.5 Å². The second-order valence-electron chi connectivity index (χ2n) is 8.61. The number of hydrogen-bond donors (Lipinski definition) is 1. The van der Waals surface area contributed by atoms with Gasteiger partial charge in [-0.2, -0.15) is 0 Å². The molecule has 1 heterocycles. The molecule has 0 aromatic heterocycles. The highest BCUT2D eigenvalue weighted by Crippen LogP contribution is 2.22. The summed E-state index contributed by atoms with van der Waals surface area (Å²) >= 11 is 0. The van der Waals surface area contributed by atoms with Crippen LogP contribution in [0.15, 0.2) is 42.5 Å². The van der Waals surface area contributed by atoms with Gasteiger partial charge < -0.3 is 24.4 Å². The molecule has 35 heavy (non-hydrogen) atoms. The van der Waals surface area contributed by atoms with Gasteiger partial charge in [0.15, 0.2) is 0 Å².